The zero-order chi connectivity index (χ0) is 13.1. The number of carbonyl (C=O) groups excluding carboxylic acids is 1. The van der Waals surface area contributed by atoms with Crippen LogP contribution in [0.3, 0.4) is 0 Å². The number of hydrogen-bond acceptors (Lipinski definition) is 2. The largest absolute Gasteiger partial charge is 0.481 e. The quantitative estimate of drug-likeness (QED) is 0.812. The molecule has 0 saturated carbocycles. The van der Waals surface area contributed by atoms with Crippen LogP contribution in [-0.4, -0.2) is 21.8 Å². The van der Waals surface area contributed by atoms with Crippen LogP contribution in [0.2, 0.25) is 0 Å². The zero-order valence-electron chi connectivity index (χ0n) is 9.31. The third-order valence-corrected chi connectivity index (χ3v) is 2.44. The molecule has 0 bridgehead atoms. The van der Waals surface area contributed by atoms with E-state index >= 15 is 0 Å². The van der Waals surface area contributed by atoms with E-state index < -0.39 is 11.8 Å². The minimum atomic E-state index is -0.974. The van der Waals surface area contributed by atoms with Crippen molar-refractivity contribution in [3.63, 3.8) is 0 Å². The summed E-state index contributed by atoms with van der Waals surface area (Å²) in [5, 5.41) is 8.62. The molecule has 0 fully saturated rings. The van der Waals surface area contributed by atoms with Gasteiger partial charge >= 0.3 is 5.97 Å². The fourth-order valence-corrected chi connectivity index (χ4v) is 1.60. The number of nitrogens with one attached hydrogen (secondary N) is 1. The summed E-state index contributed by atoms with van der Waals surface area (Å²) in [7, 11) is 0. The molecule has 4 nitrogen and oxygen atoms in total. The molecule has 0 aliphatic rings. The van der Waals surface area contributed by atoms with Crippen molar-refractivity contribution < 1.29 is 19.1 Å². The highest BCUT2D eigenvalue weighted by molar-refractivity contribution is 6.07. The van der Waals surface area contributed by atoms with Crippen molar-refractivity contribution in [1.29, 1.82) is 0 Å². The van der Waals surface area contributed by atoms with Gasteiger partial charge in [-0.2, -0.15) is 0 Å². The van der Waals surface area contributed by atoms with E-state index in [-0.39, 0.29) is 17.9 Å². The third-order valence-electron chi connectivity index (χ3n) is 2.44. The molecule has 0 saturated heterocycles. The molecule has 0 amide bonds. The minimum Gasteiger partial charge on any atom is -0.481 e. The predicted molar refractivity (Wildman–Crippen MR) is 62.0 cm³/mol. The number of aromatic amines is 1. The van der Waals surface area contributed by atoms with Gasteiger partial charge < -0.3 is 10.1 Å². The molecule has 18 heavy (non-hydrogen) atoms. The molecule has 92 valence electrons. The third kappa shape index (κ3) is 2.63. The molecule has 2 aromatic rings. The first kappa shape index (κ1) is 12.0. The standard InChI is InChI=1S/C13H10FNO3/c14-9-3-1-8(2-4-9)13(18)11-6-5-10(15-11)7-12(16)17/h1-6,15H,7H2,(H,16,17). The first-order chi connectivity index (χ1) is 8.56. The number of rotatable bonds is 4. The van der Waals surface area contributed by atoms with E-state index in [0.29, 0.717) is 11.3 Å². The van der Waals surface area contributed by atoms with Crippen molar-refractivity contribution in [3.8, 4) is 0 Å². The molecule has 1 aromatic carbocycles. The molecule has 5 heteroatoms. The van der Waals surface area contributed by atoms with E-state index in [9.17, 15) is 14.0 Å². The van der Waals surface area contributed by atoms with Gasteiger partial charge in [-0.05, 0) is 36.4 Å². The number of H-pyrrole nitrogens is 1. The highest BCUT2D eigenvalue weighted by Gasteiger charge is 2.12. The Balaban J connectivity index is 2.21. The Kier molecular flexibility index (Phi) is 3.23. The Bertz CT molecular complexity index is 587. The molecular formula is C13H10FNO3. The number of hydrogen-bond donors (Lipinski definition) is 2. The molecule has 0 spiro atoms. The molecule has 0 aliphatic heterocycles. The summed E-state index contributed by atoms with van der Waals surface area (Å²) in [4.78, 5) is 25.2. The topological polar surface area (TPSA) is 70.2 Å². The van der Waals surface area contributed by atoms with Crippen molar-refractivity contribution >= 4 is 11.8 Å². The zero-order valence-corrected chi connectivity index (χ0v) is 9.31. The van der Waals surface area contributed by atoms with Crippen molar-refractivity contribution in [2.75, 3.05) is 0 Å². The van der Waals surface area contributed by atoms with Crippen LogP contribution < -0.4 is 0 Å². The summed E-state index contributed by atoms with van der Waals surface area (Å²) in [5.41, 5.74) is 1.09. The summed E-state index contributed by atoms with van der Waals surface area (Å²) in [6.07, 6.45) is -0.170. The summed E-state index contributed by atoms with van der Waals surface area (Å²) >= 11 is 0. The second-order valence-corrected chi connectivity index (χ2v) is 3.80. The molecule has 0 aliphatic carbocycles. The second kappa shape index (κ2) is 4.83. The van der Waals surface area contributed by atoms with Gasteiger partial charge in [-0.15, -0.1) is 0 Å². The van der Waals surface area contributed by atoms with Gasteiger partial charge in [0.1, 0.15) is 5.82 Å². The molecule has 0 radical (unpaired) electrons. The van der Waals surface area contributed by atoms with Crippen molar-refractivity contribution in [2.45, 2.75) is 6.42 Å². The maximum Gasteiger partial charge on any atom is 0.309 e. The van der Waals surface area contributed by atoms with Gasteiger partial charge in [-0.3, -0.25) is 9.59 Å². The van der Waals surface area contributed by atoms with Crippen LogP contribution in [0.4, 0.5) is 4.39 Å². The summed E-state index contributed by atoms with van der Waals surface area (Å²) in [6.45, 7) is 0. The van der Waals surface area contributed by atoms with Crippen molar-refractivity contribution in [3.05, 3.63) is 59.2 Å². The average Bonchev–Trinajstić information content (AvgIpc) is 2.76. The summed E-state index contributed by atoms with van der Waals surface area (Å²) < 4.78 is 12.7. The van der Waals surface area contributed by atoms with E-state index in [0.717, 1.165) is 0 Å². The van der Waals surface area contributed by atoms with Crippen LogP contribution >= 0.6 is 0 Å². The van der Waals surface area contributed by atoms with E-state index in [1.54, 1.807) is 6.07 Å². The Morgan fingerprint density at radius 3 is 2.39 bits per heavy atom. The highest BCUT2D eigenvalue weighted by atomic mass is 19.1. The van der Waals surface area contributed by atoms with Crippen LogP contribution in [0.5, 0.6) is 0 Å². The SMILES string of the molecule is O=C(O)Cc1ccc(C(=O)c2ccc(F)cc2)[nH]1. The molecule has 1 aromatic heterocycles. The Morgan fingerprint density at radius 1 is 1.11 bits per heavy atom. The van der Waals surface area contributed by atoms with Crippen LogP contribution in [0, 0.1) is 5.82 Å². The minimum absolute atomic E-state index is 0.170. The Labute approximate surface area is 102 Å². The molecule has 0 atom stereocenters. The normalized spacial score (nSPS) is 10.3. The van der Waals surface area contributed by atoms with E-state index in [4.69, 9.17) is 5.11 Å². The van der Waals surface area contributed by atoms with Gasteiger partial charge in [0.05, 0.1) is 12.1 Å². The number of carboxylic acid groups (broad SMARTS) is 1. The molecule has 1 heterocycles. The van der Waals surface area contributed by atoms with Gasteiger partial charge in [-0.25, -0.2) is 4.39 Å². The lowest BCUT2D eigenvalue weighted by atomic mass is 10.1. The van der Waals surface area contributed by atoms with Crippen LogP contribution in [0.15, 0.2) is 36.4 Å². The van der Waals surface area contributed by atoms with Gasteiger partial charge in [0.2, 0.25) is 5.78 Å². The van der Waals surface area contributed by atoms with Gasteiger partial charge in [0.25, 0.3) is 0 Å². The average molecular weight is 247 g/mol. The molecular weight excluding hydrogens is 237 g/mol. The fraction of sp³-hybridized carbons (Fsp3) is 0.0769. The lowest BCUT2D eigenvalue weighted by Crippen LogP contribution is -2.04. The summed E-state index contributed by atoms with van der Waals surface area (Å²) in [6, 6.07) is 8.24. The van der Waals surface area contributed by atoms with Crippen molar-refractivity contribution in [2.24, 2.45) is 0 Å². The maximum absolute atomic E-state index is 12.7. The Morgan fingerprint density at radius 2 is 1.78 bits per heavy atom. The molecule has 2 N–H and O–H groups in total. The van der Waals surface area contributed by atoms with Crippen LogP contribution in [0.25, 0.3) is 0 Å². The van der Waals surface area contributed by atoms with Crippen LogP contribution in [-0.2, 0) is 11.2 Å². The second-order valence-electron chi connectivity index (χ2n) is 3.80. The Hall–Kier alpha value is -2.43. The van der Waals surface area contributed by atoms with Gasteiger partial charge in [0, 0.05) is 11.3 Å². The first-order valence-corrected chi connectivity index (χ1v) is 5.26. The lowest BCUT2D eigenvalue weighted by molar-refractivity contribution is -0.136. The number of ketones is 1. The maximum atomic E-state index is 12.7. The first-order valence-electron chi connectivity index (χ1n) is 5.26. The number of carbonyl (C=O) groups is 2. The monoisotopic (exact) mass is 247 g/mol. The van der Waals surface area contributed by atoms with Crippen molar-refractivity contribution in [1.82, 2.24) is 4.98 Å². The number of aromatic nitrogens is 1. The number of benzene rings is 1. The summed E-state index contributed by atoms with van der Waals surface area (Å²) in [5.74, 6) is -1.69. The molecule has 2 rings (SSSR count). The van der Waals surface area contributed by atoms with Crippen LogP contribution in [0.1, 0.15) is 21.7 Å². The lowest BCUT2D eigenvalue weighted by Gasteiger charge is -1.98. The highest BCUT2D eigenvalue weighted by Crippen LogP contribution is 2.11. The number of halogens is 1. The number of aliphatic carboxylic acids is 1. The molecule has 0 unspecified atom stereocenters. The van der Waals surface area contributed by atoms with Gasteiger partial charge in [-0.1, -0.05) is 0 Å². The smallest absolute Gasteiger partial charge is 0.309 e. The van der Waals surface area contributed by atoms with E-state index in [1.807, 2.05) is 0 Å². The van der Waals surface area contributed by atoms with E-state index in [2.05, 4.69) is 4.98 Å². The predicted octanol–water partition coefficient (Wildman–Crippen LogP) is 2.01. The van der Waals surface area contributed by atoms with Gasteiger partial charge in [0.15, 0.2) is 0 Å². The number of carboxylic acids is 1. The van der Waals surface area contributed by atoms with E-state index in [1.165, 1.54) is 30.3 Å². The fourth-order valence-electron chi connectivity index (χ4n) is 1.60.